The molecule has 0 radical (unpaired) electrons. The number of alkyl halides is 3. The molecule has 0 saturated carbocycles. The molecule has 2 N–H and O–H groups in total. The maximum atomic E-state index is 12.4. The first kappa shape index (κ1) is 18.1. The number of aromatic nitrogens is 5. The summed E-state index contributed by atoms with van der Waals surface area (Å²) in [5, 5.41) is 2.77. The maximum absolute atomic E-state index is 12.4. The van der Waals surface area contributed by atoms with Crippen LogP contribution in [0.3, 0.4) is 0 Å². The third-order valence-electron chi connectivity index (χ3n) is 4.53. The van der Waals surface area contributed by atoms with Crippen molar-refractivity contribution in [2.45, 2.75) is 25.1 Å². The Bertz CT molecular complexity index is 1000. The van der Waals surface area contributed by atoms with Crippen molar-refractivity contribution >= 4 is 22.9 Å². The molecule has 4 heterocycles. The van der Waals surface area contributed by atoms with E-state index in [1.807, 2.05) is 11.4 Å². The van der Waals surface area contributed by atoms with Crippen molar-refractivity contribution in [1.82, 2.24) is 30.2 Å². The van der Waals surface area contributed by atoms with Gasteiger partial charge >= 0.3 is 6.18 Å². The van der Waals surface area contributed by atoms with Crippen LogP contribution in [-0.2, 0) is 4.79 Å². The number of hydrogen-bond donors (Lipinski definition) is 2. The molecule has 1 atom stereocenters. The lowest BCUT2D eigenvalue weighted by molar-refractivity contribution is -0.139. The third kappa shape index (κ3) is 3.59. The normalized spacial score (nSPS) is 17.2. The van der Waals surface area contributed by atoms with Crippen molar-refractivity contribution in [1.29, 1.82) is 0 Å². The van der Waals surface area contributed by atoms with Crippen LogP contribution in [0.25, 0.3) is 22.4 Å². The summed E-state index contributed by atoms with van der Waals surface area (Å²) in [5.74, 6) is -0.0356. The number of rotatable bonds is 4. The molecule has 0 bridgehead atoms. The second-order valence-corrected chi connectivity index (χ2v) is 6.40. The standard InChI is InChI=1S/C17H16F3N7O/c18-17(19,20)8-23-15(28)12-4-2-6-27(12)16-25-9-24-14(26-16)11-7-22-13-10(11)3-1-5-21-13/h1,3,5,7,9,12H,2,4,6,8H2,(H,21,22)(H,23,28)/t12-/m1/s1. The highest BCUT2D eigenvalue weighted by atomic mass is 19.4. The van der Waals surface area contributed by atoms with E-state index in [1.54, 1.807) is 23.4 Å². The van der Waals surface area contributed by atoms with Crippen LogP contribution in [0, 0.1) is 0 Å². The predicted octanol–water partition coefficient (Wildman–Crippen LogP) is 2.06. The van der Waals surface area contributed by atoms with Crippen LogP contribution >= 0.6 is 0 Å². The molecule has 8 nitrogen and oxygen atoms in total. The Balaban J connectivity index is 1.59. The Morgan fingerprint density at radius 1 is 1.32 bits per heavy atom. The van der Waals surface area contributed by atoms with Crippen LogP contribution < -0.4 is 10.2 Å². The van der Waals surface area contributed by atoms with E-state index in [1.165, 1.54) is 6.33 Å². The maximum Gasteiger partial charge on any atom is 0.405 e. The second kappa shape index (κ2) is 7.06. The monoisotopic (exact) mass is 391 g/mol. The first-order valence-corrected chi connectivity index (χ1v) is 8.65. The highest BCUT2D eigenvalue weighted by molar-refractivity contribution is 5.91. The molecule has 4 rings (SSSR count). The van der Waals surface area contributed by atoms with E-state index in [9.17, 15) is 18.0 Å². The number of anilines is 1. The van der Waals surface area contributed by atoms with Crippen molar-refractivity contribution < 1.29 is 18.0 Å². The van der Waals surface area contributed by atoms with Crippen LogP contribution in [0.5, 0.6) is 0 Å². The summed E-state index contributed by atoms with van der Waals surface area (Å²) in [4.78, 5) is 33.9. The number of pyridine rings is 1. The fraction of sp³-hybridized carbons (Fsp3) is 0.353. The minimum absolute atomic E-state index is 0.257. The molecule has 0 aromatic carbocycles. The van der Waals surface area contributed by atoms with Crippen LogP contribution in [0.1, 0.15) is 12.8 Å². The number of carbonyl (C=O) groups is 1. The number of aromatic amines is 1. The minimum atomic E-state index is -4.46. The summed E-state index contributed by atoms with van der Waals surface area (Å²) in [6.45, 7) is -0.885. The van der Waals surface area contributed by atoms with Gasteiger partial charge in [0.1, 0.15) is 24.6 Å². The van der Waals surface area contributed by atoms with Gasteiger partial charge in [-0.1, -0.05) is 0 Å². The molecular weight excluding hydrogens is 375 g/mol. The average molecular weight is 391 g/mol. The van der Waals surface area contributed by atoms with Gasteiger partial charge in [-0.25, -0.2) is 15.0 Å². The highest BCUT2D eigenvalue weighted by Crippen LogP contribution is 2.27. The fourth-order valence-corrected chi connectivity index (χ4v) is 3.28. The van der Waals surface area contributed by atoms with E-state index in [-0.39, 0.29) is 5.95 Å². The van der Waals surface area contributed by atoms with E-state index in [0.717, 1.165) is 10.9 Å². The Labute approximate surface area is 157 Å². The van der Waals surface area contributed by atoms with Gasteiger partial charge in [0.05, 0.1) is 0 Å². The minimum Gasteiger partial charge on any atom is -0.345 e. The number of amides is 1. The third-order valence-corrected chi connectivity index (χ3v) is 4.53. The van der Waals surface area contributed by atoms with Gasteiger partial charge in [-0.15, -0.1) is 0 Å². The number of nitrogens with one attached hydrogen (secondary N) is 2. The summed E-state index contributed by atoms with van der Waals surface area (Å²) in [6, 6.07) is 2.92. The lowest BCUT2D eigenvalue weighted by Gasteiger charge is -2.24. The molecule has 3 aromatic heterocycles. The number of hydrogen-bond acceptors (Lipinski definition) is 6. The molecule has 1 saturated heterocycles. The van der Waals surface area contributed by atoms with Crippen LogP contribution in [-0.4, -0.2) is 56.1 Å². The Morgan fingerprint density at radius 2 is 2.18 bits per heavy atom. The largest absolute Gasteiger partial charge is 0.405 e. The smallest absolute Gasteiger partial charge is 0.345 e. The Kier molecular flexibility index (Phi) is 4.57. The number of fused-ring (bicyclic) bond motifs is 1. The van der Waals surface area contributed by atoms with E-state index in [4.69, 9.17) is 0 Å². The van der Waals surface area contributed by atoms with Crippen LogP contribution in [0.2, 0.25) is 0 Å². The molecule has 0 aliphatic carbocycles. The molecule has 1 fully saturated rings. The van der Waals surface area contributed by atoms with Crippen molar-refractivity contribution in [2.24, 2.45) is 0 Å². The van der Waals surface area contributed by atoms with E-state index >= 15 is 0 Å². The van der Waals surface area contributed by atoms with Crippen LogP contribution in [0.4, 0.5) is 19.1 Å². The molecule has 1 aliphatic rings. The quantitative estimate of drug-likeness (QED) is 0.706. The summed E-state index contributed by atoms with van der Waals surface area (Å²) >= 11 is 0. The predicted molar refractivity (Wildman–Crippen MR) is 94.3 cm³/mol. The van der Waals surface area contributed by atoms with Gasteiger partial charge in [-0.2, -0.15) is 18.2 Å². The van der Waals surface area contributed by atoms with Crippen molar-refractivity contribution in [2.75, 3.05) is 18.0 Å². The molecule has 3 aromatic rings. The summed E-state index contributed by atoms with van der Waals surface area (Å²) in [7, 11) is 0. The number of nitrogens with zero attached hydrogens (tertiary/aromatic N) is 5. The van der Waals surface area contributed by atoms with Crippen molar-refractivity contribution in [3.63, 3.8) is 0 Å². The lowest BCUT2D eigenvalue weighted by Crippen LogP contribution is -2.46. The van der Waals surface area contributed by atoms with Gasteiger partial charge < -0.3 is 15.2 Å². The SMILES string of the molecule is O=C(NCC(F)(F)F)[C@H]1CCCN1c1ncnc(-c2c[nH]c3ncccc23)n1. The van der Waals surface area contributed by atoms with Gasteiger partial charge in [-0.05, 0) is 25.0 Å². The molecule has 146 valence electrons. The lowest BCUT2D eigenvalue weighted by atomic mass is 10.2. The first-order chi connectivity index (χ1) is 13.4. The molecule has 1 aliphatic heterocycles. The van der Waals surface area contributed by atoms with Gasteiger partial charge in [0.15, 0.2) is 5.82 Å². The molecule has 0 spiro atoms. The summed E-state index contributed by atoms with van der Waals surface area (Å²) in [6.07, 6.45) is 1.35. The Morgan fingerprint density at radius 3 is 3.00 bits per heavy atom. The fourth-order valence-electron chi connectivity index (χ4n) is 3.28. The zero-order chi connectivity index (χ0) is 19.7. The first-order valence-electron chi connectivity index (χ1n) is 8.65. The Hall–Kier alpha value is -3.24. The summed E-state index contributed by atoms with van der Waals surface area (Å²) in [5.41, 5.74) is 1.41. The number of carbonyl (C=O) groups excluding carboxylic acids is 1. The molecular formula is C17H16F3N7O. The van der Waals surface area contributed by atoms with E-state index < -0.39 is 24.7 Å². The summed E-state index contributed by atoms with van der Waals surface area (Å²) < 4.78 is 37.2. The second-order valence-electron chi connectivity index (χ2n) is 6.40. The average Bonchev–Trinajstić information content (AvgIpc) is 3.33. The van der Waals surface area contributed by atoms with Gasteiger partial charge in [0, 0.05) is 29.9 Å². The van der Waals surface area contributed by atoms with E-state index in [0.29, 0.717) is 30.9 Å². The highest BCUT2D eigenvalue weighted by Gasteiger charge is 2.35. The number of halogens is 3. The molecule has 1 amide bonds. The number of H-pyrrole nitrogens is 1. The van der Waals surface area contributed by atoms with Crippen molar-refractivity contribution in [3.05, 3.63) is 30.9 Å². The topological polar surface area (TPSA) is 99.7 Å². The molecule has 0 unspecified atom stereocenters. The molecule has 28 heavy (non-hydrogen) atoms. The zero-order valence-electron chi connectivity index (χ0n) is 14.6. The van der Waals surface area contributed by atoms with Gasteiger partial charge in [-0.3, -0.25) is 4.79 Å². The zero-order valence-corrected chi connectivity index (χ0v) is 14.6. The van der Waals surface area contributed by atoms with Gasteiger partial charge in [0.2, 0.25) is 11.9 Å². The molecule has 11 heteroatoms. The van der Waals surface area contributed by atoms with Gasteiger partial charge in [0.25, 0.3) is 0 Å². The van der Waals surface area contributed by atoms with Crippen LogP contribution in [0.15, 0.2) is 30.9 Å². The van der Waals surface area contributed by atoms with E-state index in [2.05, 4.69) is 24.9 Å². The van der Waals surface area contributed by atoms with Crippen molar-refractivity contribution in [3.8, 4) is 11.4 Å².